The van der Waals surface area contributed by atoms with Crippen LogP contribution in [0.1, 0.15) is 15.9 Å². The lowest BCUT2D eigenvalue weighted by molar-refractivity contribution is 0.0697. The monoisotopic (exact) mass is 351 g/mol. The molecule has 0 radical (unpaired) electrons. The summed E-state index contributed by atoms with van der Waals surface area (Å²) in [5.41, 5.74) is 0.885. The van der Waals surface area contributed by atoms with Crippen molar-refractivity contribution in [2.24, 2.45) is 0 Å². The number of anilines is 1. The van der Waals surface area contributed by atoms with Crippen LogP contribution in [0.15, 0.2) is 41.3 Å². The van der Waals surface area contributed by atoms with Crippen LogP contribution in [0.4, 0.5) is 5.69 Å². The Balaban J connectivity index is 2.37. The van der Waals surface area contributed by atoms with Crippen LogP contribution in [0.5, 0.6) is 11.5 Å². The largest absolute Gasteiger partial charge is 0.493 e. The van der Waals surface area contributed by atoms with Crippen molar-refractivity contribution in [3.05, 3.63) is 47.5 Å². The summed E-state index contributed by atoms with van der Waals surface area (Å²) in [6, 6.07) is 8.38. The molecule has 0 unspecified atom stereocenters. The standard InChI is InChI=1S/C16H17NO6S/c1-10-8-11(16(18)19)4-6-13(10)17-24(20,21)12-5-7-14(22-2)15(9-12)23-3/h4-9,17H,1-3H3,(H,18,19). The van der Waals surface area contributed by atoms with E-state index in [0.717, 1.165) is 0 Å². The van der Waals surface area contributed by atoms with Crippen LogP contribution in [0.3, 0.4) is 0 Å². The molecule has 8 heteroatoms. The predicted molar refractivity (Wildman–Crippen MR) is 88.5 cm³/mol. The molecule has 24 heavy (non-hydrogen) atoms. The number of aromatic carboxylic acids is 1. The fourth-order valence-corrected chi connectivity index (χ4v) is 3.24. The molecule has 0 fully saturated rings. The van der Waals surface area contributed by atoms with Crippen molar-refractivity contribution < 1.29 is 27.8 Å². The van der Waals surface area contributed by atoms with Gasteiger partial charge < -0.3 is 14.6 Å². The molecule has 0 aliphatic heterocycles. The zero-order valence-electron chi connectivity index (χ0n) is 13.4. The first-order chi connectivity index (χ1) is 11.3. The Labute approximate surface area is 139 Å². The van der Waals surface area contributed by atoms with Crippen LogP contribution >= 0.6 is 0 Å². The van der Waals surface area contributed by atoms with Crippen LogP contribution in [-0.4, -0.2) is 33.7 Å². The summed E-state index contributed by atoms with van der Waals surface area (Å²) in [7, 11) is -0.990. The number of nitrogens with one attached hydrogen (secondary N) is 1. The number of carboxylic acid groups (broad SMARTS) is 1. The smallest absolute Gasteiger partial charge is 0.335 e. The predicted octanol–water partition coefficient (Wildman–Crippen LogP) is 2.51. The Morgan fingerprint density at radius 3 is 2.25 bits per heavy atom. The molecule has 0 saturated heterocycles. The highest BCUT2D eigenvalue weighted by atomic mass is 32.2. The summed E-state index contributed by atoms with van der Waals surface area (Å²) in [6.45, 7) is 1.62. The quantitative estimate of drug-likeness (QED) is 0.829. The number of rotatable bonds is 6. The van der Waals surface area contributed by atoms with Crippen LogP contribution < -0.4 is 14.2 Å². The molecule has 2 aromatic rings. The first-order valence-corrected chi connectivity index (χ1v) is 8.35. The zero-order chi connectivity index (χ0) is 17.9. The third kappa shape index (κ3) is 3.60. The third-order valence-corrected chi connectivity index (χ3v) is 4.75. The van der Waals surface area contributed by atoms with Gasteiger partial charge in [-0.1, -0.05) is 0 Å². The summed E-state index contributed by atoms with van der Waals surface area (Å²) < 4.78 is 37.7. The van der Waals surface area contributed by atoms with Crippen molar-refractivity contribution >= 4 is 21.7 Å². The molecule has 0 aliphatic rings. The minimum atomic E-state index is -3.86. The molecule has 0 spiro atoms. The summed E-state index contributed by atoms with van der Waals surface area (Å²) in [5, 5.41) is 8.95. The average Bonchev–Trinajstić information content (AvgIpc) is 2.55. The van der Waals surface area contributed by atoms with E-state index in [1.54, 1.807) is 6.92 Å². The van der Waals surface area contributed by atoms with E-state index in [9.17, 15) is 13.2 Å². The van der Waals surface area contributed by atoms with Crippen molar-refractivity contribution in [2.75, 3.05) is 18.9 Å². The van der Waals surface area contributed by atoms with Gasteiger partial charge in [0, 0.05) is 6.07 Å². The second kappa shape index (κ2) is 6.79. The van der Waals surface area contributed by atoms with Gasteiger partial charge in [-0.25, -0.2) is 13.2 Å². The van der Waals surface area contributed by atoms with Gasteiger partial charge in [0.2, 0.25) is 0 Å². The molecule has 0 heterocycles. The molecule has 7 nitrogen and oxygen atoms in total. The number of ether oxygens (including phenoxy) is 2. The van der Waals surface area contributed by atoms with Gasteiger partial charge in [0.25, 0.3) is 10.0 Å². The average molecular weight is 351 g/mol. The number of carboxylic acids is 1. The second-order valence-corrected chi connectivity index (χ2v) is 6.64. The highest BCUT2D eigenvalue weighted by molar-refractivity contribution is 7.92. The molecule has 2 N–H and O–H groups in total. The first-order valence-electron chi connectivity index (χ1n) is 6.87. The maximum Gasteiger partial charge on any atom is 0.335 e. The maximum atomic E-state index is 12.5. The van der Waals surface area contributed by atoms with Crippen molar-refractivity contribution in [2.45, 2.75) is 11.8 Å². The second-order valence-electron chi connectivity index (χ2n) is 4.96. The summed E-state index contributed by atoms with van der Waals surface area (Å²) in [6.07, 6.45) is 0. The van der Waals surface area contributed by atoms with Gasteiger partial charge in [-0.15, -0.1) is 0 Å². The molecule has 0 saturated carbocycles. The van der Waals surface area contributed by atoms with Gasteiger partial charge in [-0.3, -0.25) is 4.72 Å². The van der Waals surface area contributed by atoms with Crippen molar-refractivity contribution in [3.63, 3.8) is 0 Å². The third-order valence-electron chi connectivity index (χ3n) is 3.38. The van der Waals surface area contributed by atoms with Crippen molar-refractivity contribution in [1.29, 1.82) is 0 Å². The molecule has 2 rings (SSSR count). The lowest BCUT2D eigenvalue weighted by Crippen LogP contribution is -2.14. The molecule has 0 amide bonds. The number of hydrogen-bond acceptors (Lipinski definition) is 5. The van der Waals surface area contributed by atoms with Crippen LogP contribution in [0, 0.1) is 6.92 Å². The van der Waals surface area contributed by atoms with E-state index in [0.29, 0.717) is 22.7 Å². The number of aryl methyl sites for hydroxylation is 1. The molecular formula is C16H17NO6S. The van der Waals surface area contributed by atoms with Gasteiger partial charge in [-0.2, -0.15) is 0 Å². The number of benzene rings is 2. The Morgan fingerprint density at radius 1 is 1.04 bits per heavy atom. The van der Waals surface area contributed by atoms with E-state index in [1.165, 1.54) is 50.6 Å². The number of methoxy groups -OCH3 is 2. The van der Waals surface area contributed by atoms with Gasteiger partial charge in [-0.05, 0) is 42.8 Å². The topological polar surface area (TPSA) is 102 Å². The lowest BCUT2D eigenvalue weighted by atomic mass is 10.1. The lowest BCUT2D eigenvalue weighted by Gasteiger charge is -2.13. The molecule has 0 aromatic heterocycles. The van der Waals surface area contributed by atoms with Crippen molar-refractivity contribution in [1.82, 2.24) is 0 Å². The number of hydrogen-bond donors (Lipinski definition) is 2. The SMILES string of the molecule is COc1ccc(S(=O)(=O)Nc2ccc(C(=O)O)cc2C)cc1OC. The fraction of sp³-hybridized carbons (Fsp3) is 0.188. The van der Waals surface area contributed by atoms with E-state index in [1.807, 2.05) is 0 Å². The first kappa shape index (κ1) is 17.6. The van der Waals surface area contributed by atoms with Gasteiger partial charge >= 0.3 is 5.97 Å². The normalized spacial score (nSPS) is 11.0. The molecule has 2 aromatic carbocycles. The Bertz CT molecular complexity index is 876. The van der Waals surface area contributed by atoms with Crippen LogP contribution in [0.2, 0.25) is 0 Å². The Kier molecular flexibility index (Phi) is 4.99. The summed E-state index contributed by atoms with van der Waals surface area (Å²) in [4.78, 5) is 10.9. The number of carbonyl (C=O) groups is 1. The van der Waals surface area contributed by atoms with Crippen molar-refractivity contribution in [3.8, 4) is 11.5 Å². The molecule has 0 aliphatic carbocycles. The highest BCUT2D eigenvalue weighted by Gasteiger charge is 2.18. The highest BCUT2D eigenvalue weighted by Crippen LogP contribution is 2.30. The Morgan fingerprint density at radius 2 is 1.71 bits per heavy atom. The summed E-state index contributed by atoms with van der Waals surface area (Å²) >= 11 is 0. The number of sulfonamides is 1. The molecule has 0 bridgehead atoms. The Hall–Kier alpha value is -2.74. The van der Waals surface area contributed by atoms with Gasteiger partial charge in [0.1, 0.15) is 0 Å². The fourth-order valence-electron chi connectivity index (χ4n) is 2.10. The molecular weight excluding hydrogens is 334 g/mol. The minimum Gasteiger partial charge on any atom is -0.493 e. The minimum absolute atomic E-state index is 0.00172. The van der Waals surface area contributed by atoms with E-state index < -0.39 is 16.0 Å². The van der Waals surface area contributed by atoms with Crippen LogP contribution in [-0.2, 0) is 10.0 Å². The summed E-state index contributed by atoms with van der Waals surface area (Å²) in [5.74, 6) is -0.371. The van der Waals surface area contributed by atoms with Crippen LogP contribution in [0.25, 0.3) is 0 Å². The van der Waals surface area contributed by atoms with Gasteiger partial charge in [0.15, 0.2) is 11.5 Å². The molecule has 128 valence electrons. The van der Waals surface area contributed by atoms with E-state index in [2.05, 4.69) is 4.72 Å². The molecule has 0 atom stereocenters. The van der Waals surface area contributed by atoms with Gasteiger partial charge in [0.05, 0.1) is 30.4 Å². The zero-order valence-corrected chi connectivity index (χ0v) is 14.2. The van der Waals surface area contributed by atoms with E-state index >= 15 is 0 Å². The maximum absolute atomic E-state index is 12.5. The van der Waals surface area contributed by atoms with E-state index in [4.69, 9.17) is 14.6 Å². The van der Waals surface area contributed by atoms with E-state index in [-0.39, 0.29) is 10.5 Å².